The molecule has 1 fully saturated rings. The summed E-state index contributed by atoms with van der Waals surface area (Å²) in [6.45, 7) is 4.68. The van der Waals surface area contributed by atoms with Gasteiger partial charge in [-0.15, -0.1) is 0 Å². The standard InChI is InChI=1S/C21H22ClN3O3S/c1-14-3-6-16(7-4-14)20-23-21(28-24-20)17-9-11-25(12-10-17)29(26,27)18-8-5-15(2)19(22)13-18/h3-8,13,17H,9-12H2,1-2H3. The first kappa shape index (κ1) is 20.1. The van der Waals surface area contributed by atoms with E-state index in [0.717, 1.165) is 11.1 Å². The van der Waals surface area contributed by atoms with Gasteiger partial charge in [0.25, 0.3) is 0 Å². The monoisotopic (exact) mass is 431 g/mol. The Bertz CT molecular complexity index is 1120. The first-order valence-electron chi connectivity index (χ1n) is 9.51. The van der Waals surface area contributed by atoms with Gasteiger partial charge < -0.3 is 4.52 Å². The van der Waals surface area contributed by atoms with Crippen LogP contribution in [0.1, 0.15) is 35.8 Å². The fourth-order valence-corrected chi connectivity index (χ4v) is 5.19. The number of aromatic nitrogens is 2. The van der Waals surface area contributed by atoms with E-state index in [2.05, 4.69) is 10.1 Å². The van der Waals surface area contributed by atoms with Crippen molar-refractivity contribution in [3.05, 3.63) is 64.5 Å². The maximum absolute atomic E-state index is 12.9. The van der Waals surface area contributed by atoms with Gasteiger partial charge in [-0.05, 0) is 44.4 Å². The number of halogens is 1. The third-order valence-corrected chi connectivity index (χ3v) is 7.64. The van der Waals surface area contributed by atoms with Gasteiger partial charge in [0.2, 0.25) is 21.7 Å². The maximum Gasteiger partial charge on any atom is 0.243 e. The predicted molar refractivity (Wildman–Crippen MR) is 111 cm³/mol. The lowest BCUT2D eigenvalue weighted by Gasteiger charge is -2.29. The van der Waals surface area contributed by atoms with Crippen LogP contribution in [0.2, 0.25) is 5.02 Å². The molecule has 152 valence electrons. The van der Waals surface area contributed by atoms with Crippen LogP contribution in [0.4, 0.5) is 0 Å². The van der Waals surface area contributed by atoms with E-state index in [1.807, 2.05) is 38.1 Å². The molecule has 3 aromatic rings. The molecule has 6 nitrogen and oxygen atoms in total. The molecule has 8 heteroatoms. The van der Waals surface area contributed by atoms with Crippen molar-refractivity contribution in [3.63, 3.8) is 0 Å². The topological polar surface area (TPSA) is 76.3 Å². The van der Waals surface area contributed by atoms with Gasteiger partial charge >= 0.3 is 0 Å². The van der Waals surface area contributed by atoms with E-state index in [4.69, 9.17) is 16.1 Å². The number of rotatable bonds is 4. The molecule has 1 aromatic heterocycles. The van der Waals surface area contributed by atoms with Crippen molar-refractivity contribution < 1.29 is 12.9 Å². The van der Waals surface area contributed by atoms with Gasteiger partial charge in [0.15, 0.2) is 0 Å². The Morgan fingerprint density at radius 2 is 1.76 bits per heavy atom. The van der Waals surface area contributed by atoms with Crippen molar-refractivity contribution in [3.8, 4) is 11.4 Å². The number of piperidine rings is 1. The minimum absolute atomic E-state index is 0.0507. The Hall–Kier alpha value is -2.22. The minimum atomic E-state index is -3.57. The van der Waals surface area contributed by atoms with Crippen LogP contribution in [0.5, 0.6) is 0 Å². The van der Waals surface area contributed by atoms with E-state index in [-0.39, 0.29) is 10.8 Å². The van der Waals surface area contributed by atoms with Gasteiger partial charge in [0.1, 0.15) is 0 Å². The van der Waals surface area contributed by atoms with E-state index < -0.39 is 10.0 Å². The molecule has 0 unspecified atom stereocenters. The molecule has 1 aliphatic heterocycles. The molecule has 1 aliphatic rings. The van der Waals surface area contributed by atoms with Crippen LogP contribution in [0, 0.1) is 13.8 Å². The van der Waals surface area contributed by atoms with Crippen LogP contribution in [-0.4, -0.2) is 36.0 Å². The molecule has 0 N–H and O–H groups in total. The van der Waals surface area contributed by atoms with E-state index >= 15 is 0 Å². The zero-order valence-corrected chi connectivity index (χ0v) is 17.9. The Balaban J connectivity index is 1.45. The van der Waals surface area contributed by atoms with Crippen molar-refractivity contribution in [2.45, 2.75) is 37.5 Å². The number of nitrogens with zero attached hydrogens (tertiary/aromatic N) is 3. The largest absolute Gasteiger partial charge is 0.339 e. The highest BCUT2D eigenvalue weighted by Gasteiger charge is 2.32. The number of hydrogen-bond acceptors (Lipinski definition) is 5. The third kappa shape index (κ3) is 4.08. The second-order valence-corrected chi connectivity index (χ2v) is 9.76. The van der Waals surface area contributed by atoms with E-state index in [1.54, 1.807) is 12.1 Å². The molecule has 0 bridgehead atoms. The molecular weight excluding hydrogens is 410 g/mol. The fraction of sp³-hybridized carbons (Fsp3) is 0.333. The first-order chi connectivity index (χ1) is 13.8. The van der Waals surface area contributed by atoms with Crippen LogP contribution in [0.15, 0.2) is 51.9 Å². The zero-order chi connectivity index (χ0) is 20.6. The van der Waals surface area contributed by atoms with Crippen molar-refractivity contribution in [1.29, 1.82) is 0 Å². The summed E-state index contributed by atoms with van der Waals surface area (Å²) in [5.41, 5.74) is 2.92. The molecule has 2 aromatic carbocycles. The maximum atomic E-state index is 12.9. The SMILES string of the molecule is Cc1ccc(-c2noc(C3CCN(S(=O)(=O)c4ccc(C)c(Cl)c4)CC3)n2)cc1. The zero-order valence-electron chi connectivity index (χ0n) is 16.3. The number of hydrogen-bond donors (Lipinski definition) is 0. The van der Waals surface area contributed by atoms with Gasteiger partial charge in [0, 0.05) is 29.6 Å². The minimum Gasteiger partial charge on any atom is -0.339 e. The molecule has 0 spiro atoms. The molecule has 2 heterocycles. The van der Waals surface area contributed by atoms with E-state index in [0.29, 0.717) is 42.7 Å². The normalized spacial score (nSPS) is 16.2. The summed E-state index contributed by atoms with van der Waals surface area (Å²) in [5, 5.41) is 4.55. The lowest BCUT2D eigenvalue weighted by molar-refractivity contribution is 0.271. The Labute approximate surface area is 175 Å². The van der Waals surface area contributed by atoms with Gasteiger partial charge in [-0.2, -0.15) is 9.29 Å². The lowest BCUT2D eigenvalue weighted by Crippen LogP contribution is -2.38. The van der Waals surface area contributed by atoms with Gasteiger partial charge in [-0.25, -0.2) is 8.42 Å². The van der Waals surface area contributed by atoms with Gasteiger partial charge in [-0.3, -0.25) is 0 Å². The lowest BCUT2D eigenvalue weighted by atomic mass is 9.98. The quantitative estimate of drug-likeness (QED) is 0.604. The Morgan fingerprint density at radius 3 is 2.41 bits per heavy atom. The van der Waals surface area contributed by atoms with Crippen molar-refractivity contribution in [1.82, 2.24) is 14.4 Å². The number of sulfonamides is 1. The molecule has 0 atom stereocenters. The second-order valence-electron chi connectivity index (χ2n) is 7.41. The average Bonchev–Trinajstić information content (AvgIpc) is 3.21. The van der Waals surface area contributed by atoms with Crippen molar-refractivity contribution in [2.75, 3.05) is 13.1 Å². The van der Waals surface area contributed by atoms with Crippen LogP contribution in [0.3, 0.4) is 0 Å². The summed E-state index contributed by atoms with van der Waals surface area (Å²) < 4.78 is 32.8. The first-order valence-corrected chi connectivity index (χ1v) is 11.3. The predicted octanol–water partition coefficient (Wildman–Crippen LogP) is 4.58. The number of aryl methyl sites for hydroxylation is 2. The second kappa shape index (κ2) is 7.89. The highest BCUT2D eigenvalue weighted by Crippen LogP contribution is 2.32. The molecule has 0 aliphatic carbocycles. The fourth-order valence-electron chi connectivity index (χ4n) is 3.45. The summed E-state index contributed by atoms with van der Waals surface area (Å²) in [4.78, 5) is 4.77. The van der Waals surface area contributed by atoms with Gasteiger partial charge in [0.05, 0.1) is 4.90 Å². The van der Waals surface area contributed by atoms with Crippen LogP contribution < -0.4 is 0 Å². The molecule has 4 rings (SSSR count). The average molecular weight is 432 g/mol. The summed E-state index contributed by atoms with van der Waals surface area (Å²) in [5.74, 6) is 1.18. The van der Waals surface area contributed by atoms with Crippen molar-refractivity contribution in [2.24, 2.45) is 0 Å². The molecule has 0 amide bonds. The molecule has 0 radical (unpaired) electrons. The van der Waals surface area contributed by atoms with Crippen LogP contribution >= 0.6 is 11.6 Å². The Morgan fingerprint density at radius 1 is 1.07 bits per heavy atom. The Kier molecular flexibility index (Phi) is 5.46. The summed E-state index contributed by atoms with van der Waals surface area (Å²) in [6.07, 6.45) is 1.27. The highest BCUT2D eigenvalue weighted by atomic mass is 35.5. The van der Waals surface area contributed by atoms with Crippen LogP contribution in [0.25, 0.3) is 11.4 Å². The molecule has 0 saturated carbocycles. The van der Waals surface area contributed by atoms with E-state index in [9.17, 15) is 8.42 Å². The highest BCUT2D eigenvalue weighted by molar-refractivity contribution is 7.89. The molecule has 1 saturated heterocycles. The summed E-state index contributed by atoms with van der Waals surface area (Å²) >= 11 is 6.11. The molecular formula is C21H22ClN3O3S. The van der Waals surface area contributed by atoms with Gasteiger partial charge in [-0.1, -0.05) is 52.7 Å². The third-order valence-electron chi connectivity index (χ3n) is 5.34. The smallest absolute Gasteiger partial charge is 0.243 e. The molecule has 29 heavy (non-hydrogen) atoms. The van der Waals surface area contributed by atoms with Crippen molar-refractivity contribution >= 4 is 21.6 Å². The summed E-state index contributed by atoms with van der Waals surface area (Å²) in [6, 6.07) is 12.8. The summed E-state index contributed by atoms with van der Waals surface area (Å²) in [7, 11) is -3.57. The van der Waals surface area contributed by atoms with Crippen LogP contribution in [-0.2, 0) is 10.0 Å². The van der Waals surface area contributed by atoms with E-state index in [1.165, 1.54) is 15.9 Å². The number of benzene rings is 2.